The molecule has 9 nitrogen and oxygen atoms in total. The van der Waals surface area contributed by atoms with Gasteiger partial charge in [0.15, 0.2) is 5.71 Å². The standard InChI is InChI=1S/C20H29NO8S2.K/c1-15-20(2,11-5-7-13-30(24,25)26)17-14-16(31(27,28)29)9-10-18(17)21(15)12-6-3-4-8-19(22)23;/h9-10,14H,3-8,11-13H2,1-2H3,(H2-,22,23,24,25,26,27,28,29);/q;+1. The molecule has 12 heteroatoms. The quantitative estimate of drug-likeness (QED) is 0.167. The molecule has 1 aliphatic heterocycles. The fourth-order valence-electron chi connectivity index (χ4n) is 4.11. The zero-order valence-corrected chi connectivity index (χ0v) is 23.5. The van der Waals surface area contributed by atoms with Gasteiger partial charge in [-0.1, -0.05) is 6.42 Å². The minimum absolute atomic E-state index is 0. The molecule has 1 unspecified atom stereocenters. The van der Waals surface area contributed by atoms with Crippen LogP contribution in [0.4, 0.5) is 5.69 Å². The fraction of sp³-hybridized carbons (Fsp3) is 0.600. The van der Waals surface area contributed by atoms with E-state index in [1.54, 1.807) is 6.07 Å². The summed E-state index contributed by atoms with van der Waals surface area (Å²) in [5, 5.41) is 8.77. The van der Waals surface area contributed by atoms with E-state index in [1.165, 1.54) is 12.1 Å². The molecule has 1 atom stereocenters. The van der Waals surface area contributed by atoms with Gasteiger partial charge in [0.1, 0.15) is 16.7 Å². The van der Waals surface area contributed by atoms with Crippen molar-refractivity contribution in [3.8, 4) is 0 Å². The van der Waals surface area contributed by atoms with Crippen LogP contribution in [0.3, 0.4) is 0 Å². The number of nitrogens with zero attached hydrogens (tertiary/aromatic N) is 1. The topological polar surface area (TPSA) is 152 Å². The smallest absolute Gasteiger partial charge is 0.744 e. The Kier molecular flexibility index (Phi) is 11.2. The number of carboxylic acids is 1. The number of rotatable bonds is 12. The molecule has 2 rings (SSSR count). The molecule has 2 N–H and O–H groups in total. The minimum Gasteiger partial charge on any atom is -0.744 e. The van der Waals surface area contributed by atoms with Gasteiger partial charge in [-0.15, -0.1) is 0 Å². The van der Waals surface area contributed by atoms with Crippen molar-refractivity contribution in [2.45, 2.75) is 69.1 Å². The number of benzene rings is 1. The molecule has 0 aliphatic carbocycles. The van der Waals surface area contributed by atoms with Crippen LogP contribution in [0.15, 0.2) is 23.1 Å². The van der Waals surface area contributed by atoms with Crippen molar-refractivity contribution in [2.24, 2.45) is 0 Å². The molecule has 0 saturated carbocycles. The Hall–Kier alpha value is -0.184. The summed E-state index contributed by atoms with van der Waals surface area (Å²) in [6, 6.07) is 4.30. The number of unbranched alkanes of at least 4 members (excludes halogenated alkanes) is 3. The van der Waals surface area contributed by atoms with Crippen LogP contribution in [0.2, 0.25) is 0 Å². The van der Waals surface area contributed by atoms with E-state index in [-0.39, 0.29) is 74.9 Å². The van der Waals surface area contributed by atoms with Crippen molar-refractivity contribution in [3.63, 3.8) is 0 Å². The molecular weight excluding hydrogens is 485 g/mol. The monoisotopic (exact) mass is 514 g/mol. The Labute approximate surface area is 232 Å². The molecule has 1 aromatic rings. The summed E-state index contributed by atoms with van der Waals surface area (Å²) in [7, 11) is -8.69. The second kappa shape index (κ2) is 12.0. The number of hydrogen-bond acceptors (Lipinski definition) is 6. The summed E-state index contributed by atoms with van der Waals surface area (Å²) in [5.74, 6) is -1.19. The van der Waals surface area contributed by atoms with Crippen molar-refractivity contribution < 1.29 is 91.8 Å². The van der Waals surface area contributed by atoms with Crippen LogP contribution in [-0.4, -0.2) is 59.6 Å². The molecule has 174 valence electrons. The second-order valence-electron chi connectivity index (χ2n) is 8.15. The molecule has 0 fully saturated rings. The van der Waals surface area contributed by atoms with E-state index in [0.717, 1.165) is 24.2 Å². The molecule has 1 aliphatic rings. The maximum Gasteiger partial charge on any atom is 1.00 e. The maximum absolute atomic E-state index is 11.6. The van der Waals surface area contributed by atoms with Crippen molar-refractivity contribution >= 4 is 37.6 Å². The molecule has 0 saturated heterocycles. The van der Waals surface area contributed by atoms with Gasteiger partial charge < -0.3 is 9.66 Å². The van der Waals surface area contributed by atoms with Crippen molar-refractivity contribution in [3.05, 3.63) is 23.8 Å². The van der Waals surface area contributed by atoms with Crippen LogP contribution in [0.1, 0.15) is 64.4 Å². The average molecular weight is 515 g/mol. The summed E-state index contributed by atoms with van der Waals surface area (Å²) in [4.78, 5) is 10.4. The summed E-state index contributed by atoms with van der Waals surface area (Å²) in [6.07, 6.45) is 3.39. The van der Waals surface area contributed by atoms with E-state index >= 15 is 0 Å². The van der Waals surface area contributed by atoms with E-state index in [2.05, 4.69) is 4.58 Å². The fourth-order valence-corrected chi connectivity index (χ4v) is 5.18. The Bertz CT molecular complexity index is 1080. The van der Waals surface area contributed by atoms with Crippen LogP contribution < -0.4 is 51.4 Å². The van der Waals surface area contributed by atoms with Crippen LogP contribution in [0, 0.1) is 0 Å². The average Bonchev–Trinajstić information content (AvgIpc) is 2.85. The zero-order chi connectivity index (χ0) is 23.4. The van der Waals surface area contributed by atoms with Crippen molar-refractivity contribution in [2.75, 3.05) is 12.3 Å². The number of fused-ring (bicyclic) bond motifs is 1. The third-order valence-corrected chi connectivity index (χ3v) is 7.58. The third-order valence-electron chi connectivity index (χ3n) is 5.95. The molecule has 1 heterocycles. The third kappa shape index (κ3) is 7.95. The van der Waals surface area contributed by atoms with Gasteiger partial charge in [0.25, 0.3) is 10.1 Å². The molecule has 0 amide bonds. The second-order valence-corrected chi connectivity index (χ2v) is 11.1. The van der Waals surface area contributed by atoms with E-state index in [4.69, 9.17) is 9.66 Å². The van der Waals surface area contributed by atoms with Gasteiger partial charge in [-0.3, -0.25) is 9.35 Å². The molecule has 0 bridgehead atoms. The normalized spacial score (nSPS) is 18.4. The van der Waals surface area contributed by atoms with Gasteiger partial charge in [0.05, 0.1) is 16.1 Å². The van der Waals surface area contributed by atoms with Crippen LogP contribution in [0.5, 0.6) is 0 Å². The van der Waals surface area contributed by atoms with Gasteiger partial charge in [0.2, 0.25) is 5.69 Å². The number of aliphatic carboxylic acids is 1. The largest absolute Gasteiger partial charge is 1.00 e. The van der Waals surface area contributed by atoms with Crippen molar-refractivity contribution in [1.29, 1.82) is 0 Å². The van der Waals surface area contributed by atoms with Gasteiger partial charge in [-0.05, 0) is 44.7 Å². The van der Waals surface area contributed by atoms with E-state index in [9.17, 15) is 26.2 Å². The molecule has 0 radical (unpaired) electrons. The van der Waals surface area contributed by atoms with Crippen LogP contribution in [0.25, 0.3) is 0 Å². The summed E-state index contributed by atoms with van der Waals surface area (Å²) in [6.45, 7) is 4.47. The first-order valence-electron chi connectivity index (χ1n) is 10.1. The van der Waals surface area contributed by atoms with Gasteiger partial charge in [-0.25, -0.2) is 8.42 Å². The Balaban J connectivity index is 0.00000512. The Morgan fingerprint density at radius 2 is 1.75 bits per heavy atom. The van der Waals surface area contributed by atoms with Gasteiger partial charge in [-0.2, -0.15) is 13.0 Å². The molecule has 32 heavy (non-hydrogen) atoms. The van der Waals surface area contributed by atoms with Crippen molar-refractivity contribution in [1.82, 2.24) is 0 Å². The van der Waals surface area contributed by atoms with Gasteiger partial charge in [0, 0.05) is 31.4 Å². The summed E-state index contributed by atoms with van der Waals surface area (Å²) in [5.41, 5.74) is 1.84. The molecule has 0 aromatic heterocycles. The van der Waals surface area contributed by atoms with Crippen LogP contribution in [-0.2, 0) is 30.4 Å². The first-order chi connectivity index (χ1) is 14.3. The first kappa shape index (κ1) is 29.8. The number of hydrogen-bond donors (Lipinski definition) is 2. The number of carboxylic acid groups (broad SMARTS) is 1. The predicted octanol–water partition coefficient (Wildman–Crippen LogP) is -0.326. The van der Waals surface area contributed by atoms with E-state index < -0.39 is 31.6 Å². The maximum atomic E-state index is 11.6. The zero-order valence-electron chi connectivity index (χ0n) is 18.7. The van der Waals surface area contributed by atoms with E-state index in [0.29, 0.717) is 31.4 Å². The van der Waals surface area contributed by atoms with Gasteiger partial charge >= 0.3 is 57.4 Å². The SMILES string of the molecule is CC1=[N+](CCCCCC(=O)O)c2ccc(S(=O)(=O)[O-])cc2C1(C)CCCCS(=O)(=O)O.[K+]. The molecule has 1 aromatic carbocycles. The van der Waals surface area contributed by atoms with E-state index in [1.807, 2.05) is 13.8 Å². The predicted molar refractivity (Wildman–Crippen MR) is 114 cm³/mol. The molecule has 0 spiro atoms. The minimum atomic E-state index is -4.63. The Morgan fingerprint density at radius 3 is 2.31 bits per heavy atom. The van der Waals surface area contributed by atoms with Crippen LogP contribution >= 0.6 is 0 Å². The first-order valence-corrected chi connectivity index (χ1v) is 13.2. The molecular formula is C20H29KNO8S2+. The number of carbonyl (C=O) groups is 1. The summed E-state index contributed by atoms with van der Waals surface area (Å²) < 4.78 is 67.7. The Morgan fingerprint density at radius 1 is 1.09 bits per heavy atom. The summed E-state index contributed by atoms with van der Waals surface area (Å²) >= 11 is 0.